The van der Waals surface area contributed by atoms with Crippen molar-refractivity contribution in [2.45, 2.75) is 40.2 Å². The van der Waals surface area contributed by atoms with Crippen LogP contribution in [0.15, 0.2) is 34.3 Å². The molecule has 3 rings (SSSR count). The second kappa shape index (κ2) is 5.53. The minimum atomic E-state index is 0.482. The normalized spacial score (nSPS) is 11.5. The summed E-state index contributed by atoms with van der Waals surface area (Å²) in [5.41, 5.74) is 4.78. The molecule has 0 aromatic carbocycles. The molecule has 0 aliphatic heterocycles. The monoisotopic (exact) mass is 300 g/mol. The molecule has 0 N–H and O–H groups in total. The molecule has 0 atom stereocenters. The van der Waals surface area contributed by atoms with Crippen LogP contribution in [0, 0.1) is 13.8 Å². The highest BCUT2D eigenvalue weighted by Crippen LogP contribution is 2.30. The molecule has 110 valence electrons. The Kier molecular flexibility index (Phi) is 3.72. The van der Waals surface area contributed by atoms with Crippen LogP contribution in [-0.2, 0) is 6.54 Å². The van der Waals surface area contributed by atoms with Crippen LogP contribution in [0.25, 0.3) is 11.3 Å². The van der Waals surface area contributed by atoms with Crippen LogP contribution < -0.4 is 0 Å². The van der Waals surface area contributed by atoms with Crippen molar-refractivity contribution < 1.29 is 4.42 Å². The topological polar surface area (TPSA) is 31.0 Å². The van der Waals surface area contributed by atoms with Gasteiger partial charge in [0.05, 0.1) is 23.5 Å². The Bertz CT molecular complexity index is 735. The van der Waals surface area contributed by atoms with Gasteiger partial charge in [-0.1, -0.05) is 13.8 Å². The Balaban J connectivity index is 1.96. The quantitative estimate of drug-likeness (QED) is 0.679. The van der Waals surface area contributed by atoms with Gasteiger partial charge in [-0.2, -0.15) is 0 Å². The van der Waals surface area contributed by atoms with E-state index in [1.54, 1.807) is 17.6 Å². The first-order valence-electron chi connectivity index (χ1n) is 7.21. The van der Waals surface area contributed by atoms with Crippen LogP contribution in [0.3, 0.4) is 0 Å². The highest BCUT2D eigenvalue weighted by Gasteiger charge is 2.15. The maximum Gasteiger partial charge on any atom is 0.123 e. The summed E-state index contributed by atoms with van der Waals surface area (Å²) in [4.78, 5) is 4.77. The van der Waals surface area contributed by atoms with Crippen molar-refractivity contribution in [2.75, 3.05) is 0 Å². The average Bonchev–Trinajstić information content (AvgIpc) is 3.15. The van der Waals surface area contributed by atoms with Crippen molar-refractivity contribution in [3.63, 3.8) is 0 Å². The third-order valence-corrected chi connectivity index (χ3v) is 4.90. The van der Waals surface area contributed by atoms with Gasteiger partial charge in [-0.25, -0.2) is 4.98 Å². The lowest BCUT2D eigenvalue weighted by atomic mass is 10.2. The summed E-state index contributed by atoms with van der Waals surface area (Å²) in [5, 5.41) is 3.36. The van der Waals surface area contributed by atoms with Crippen molar-refractivity contribution in [1.29, 1.82) is 0 Å². The molecule has 4 heteroatoms. The summed E-state index contributed by atoms with van der Waals surface area (Å²) in [6.07, 6.45) is 1.72. The standard InChI is InChI=1S/C17H20N2OS/c1-11(2)17-18-16(10-21-17)15-8-12(3)19(13(15)4)9-14-6-5-7-20-14/h5-8,10-11H,9H2,1-4H3. The first kappa shape index (κ1) is 14.1. The second-order valence-corrected chi connectivity index (χ2v) is 6.57. The predicted molar refractivity (Wildman–Crippen MR) is 86.9 cm³/mol. The summed E-state index contributed by atoms with van der Waals surface area (Å²) in [6.45, 7) is 9.42. The number of hydrogen-bond donors (Lipinski definition) is 0. The number of nitrogens with zero attached hydrogens (tertiary/aromatic N) is 2. The van der Waals surface area contributed by atoms with Crippen LogP contribution in [0.1, 0.15) is 41.9 Å². The minimum Gasteiger partial charge on any atom is -0.467 e. The fourth-order valence-corrected chi connectivity index (χ4v) is 3.37. The highest BCUT2D eigenvalue weighted by molar-refractivity contribution is 7.10. The Morgan fingerprint density at radius 1 is 1.33 bits per heavy atom. The average molecular weight is 300 g/mol. The number of furan rings is 1. The molecule has 0 spiro atoms. The van der Waals surface area contributed by atoms with Gasteiger partial charge < -0.3 is 8.98 Å². The van der Waals surface area contributed by atoms with Gasteiger partial charge >= 0.3 is 0 Å². The molecule has 0 radical (unpaired) electrons. The molecule has 3 aromatic heterocycles. The van der Waals surface area contributed by atoms with Gasteiger partial charge in [0.1, 0.15) is 5.76 Å². The highest BCUT2D eigenvalue weighted by atomic mass is 32.1. The first-order chi connectivity index (χ1) is 10.1. The molecule has 0 unspecified atom stereocenters. The molecule has 3 nitrogen and oxygen atoms in total. The van der Waals surface area contributed by atoms with Crippen molar-refractivity contribution in [1.82, 2.24) is 9.55 Å². The molecule has 0 amide bonds. The van der Waals surface area contributed by atoms with E-state index in [-0.39, 0.29) is 0 Å². The van der Waals surface area contributed by atoms with E-state index in [1.807, 2.05) is 12.1 Å². The van der Waals surface area contributed by atoms with Crippen molar-refractivity contribution >= 4 is 11.3 Å². The van der Waals surface area contributed by atoms with Gasteiger partial charge in [0.25, 0.3) is 0 Å². The molecule has 0 saturated carbocycles. The van der Waals surface area contributed by atoms with E-state index in [9.17, 15) is 0 Å². The third kappa shape index (κ3) is 2.68. The lowest BCUT2D eigenvalue weighted by Crippen LogP contribution is -2.02. The molecule has 21 heavy (non-hydrogen) atoms. The zero-order valence-corrected chi connectivity index (χ0v) is 13.7. The smallest absolute Gasteiger partial charge is 0.123 e. The van der Waals surface area contributed by atoms with Crippen molar-refractivity contribution in [3.05, 3.63) is 52.0 Å². The summed E-state index contributed by atoms with van der Waals surface area (Å²) >= 11 is 1.74. The molecule has 3 heterocycles. The number of hydrogen-bond acceptors (Lipinski definition) is 3. The second-order valence-electron chi connectivity index (χ2n) is 5.68. The fraction of sp³-hybridized carbons (Fsp3) is 0.353. The molecular formula is C17H20N2OS. The Labute approximate surface area is 129 Å². The number of rotatable bonds is 4. The van der Waals surface area contributed by atoms with E-state index in [2.05, 4.69) is 43.7 Å². The largest absolute Gasteiger partial charge is 0.467 e. The van der Waals surface area contributed by atoms with Crippen LogP contribution in [0.4, 0.5) is 0 Å². The van der Waals surface area contributed by atoms with E-state index < -0.39 is 0 Å². The molecule has 0 aliphatic rings. The third-order valence-electron chi connectivity index (χ3n) is 3.76. The van der Waals surface area contributed by atoms with E-state index >= 15 is 0 Å². The molecule has 0 bridgehead atoms. The summed E-state index contributed by atoms with van der Waals surface area (Å²) in [5.74, 6) is 1.46. The summed E-state index contributed by atoms with van der Waals surface area (Å²) in [6, 6.07) is 6.16. The van der Waals surface area contributed by atoms with Gasteiger partial charge in [0.15, 0.2) is 0 Å². The van der Waals surface area contributed by atoms with Crippen molar-refractivity contribution in [3.8, 4) is 11.3 Å². The maximum atomic E-state index is 5.46. The lowest BCUT2D eigenvalue weighted by molar-refractivity contribution is 0.489. The Morgan fingerprint density at radius 3 is 2.76 bits per heavy atom. The minimum absolute atomic E-state index is 0.482. The van der Waals surface area contributed by atoms with Crippen LogP contribution in [-0.4, -0.2) is 9.55 Å². The lowest BCUT2D eigenvalue weighted by Gasteiger charge is -2.07. The zero-order chi connectivity index (χ0) is 15.0. The van der Waals surface area contributed by atoms with Gasteiger partial charge in [-0.15, -0.1) is 11.3 Å². The van der Waals surface area contributed by atoms with Gasteiger partial charge in [0.2, 0.25) is 0 Å². The number of aromatic nitrogens is 2. The molecule has 0 fully saturated rings. The number of thiazole rings is 1. The van der Waals surface area contributed by atoms with Crippen LogP contribution >= 0.6 is 11.3 Å². The molecule has 0 saturated heterocycles. The number of aryl methyl sites for hydroxylation is 1. The Hall–Kier alpha value is -1.81. The van der Waals surface area contributed by atoms with E-state index in [0.29, 0.717) is 5.92 Å². The van der Waals surface area contributed by atoms with Crippen LogP contribution in [0.2, 0.25) is 0 Å². The maximum absolute atomic E-state index is 5.46. The van der Waals surface area contributed by atoms with Gasteiger partial charge in [0, 0.05) is 28.2 Å². The SMILES string of the molecule is Cc1cc(-c2csc(C(C)C)n2)c(C)n1Cc1ccco1. The van der Waals surface area contributed by atoms with Gasteiger partial charge in [-0.05, 0) is 32.0 Å². The van der Waals surface area contributed by atoms with Crippen LogP contribution in [0.5, 0.6) is 0 Å². The zero-order valence-electron chi connectivity index (χ0n) is 12.9. The molecule has 3 aromatic rings. The fourth-order valence-electron chi connectivity index (χ4n) is 2.54. The first-order valence-corrected chi connectivity index (χ1v) is 8.09. The molecular weight excluding hydrogens is 280 g/mol. The molecule has 0 aliphatic carbocycles. The van der Waals surface area contributed by atoms with Crippen molar-refractivity contribution in [2.24, 2.45) is 0 Å². The summed E-state index contributed by atoms with van der Waals surface area (Å²) in [7, 11) is 0. The van der Waals surface area contributed by atoms with E-state index in [0.717, 1.165) is 18.0 Å². The Morgan fingerprint density at radius 2 is 2.14 bits per heavy atom. The van der Waals surface area contributed by atoms with E-state index in [1.165, 1.54) is 22.0 Å². The predicted octanol–water partition coefficient (Wildman–Crippen LogP) is 4.99. The van der Waals surface area contributed by atoms with E-state index in [4.69, 9.17) is 9.40 Å². The van der Waals surface area contributed by atoms with Gasteiger partial charge in [-0.3, -0.25) is 0 Å². The summed E-state index contributed by atoms with van der Waals surface area (Å²) < 4.78 is 7.74.